The van der Waals surface area contributed by atoms with E-state index in [4.69, 9.17) is 23.8 Å². The van der Waals surface area contributed by atoms with Gasteiger partial charge in [0.05, 0.1) is 26.2 Å². The molecule has 0 aliphatic heterocycles. The lowest BCUT2D eigenvalue weighted by atomic mass is 10.2. The predicted octanol–water partition coefficient (Wildman–Crippen LogP) is 5.24. The van der Waals surface area contributed by atoms with Crippen molar-refractivity contribution in [3.05, 3.63) is 56.5 Å². The number of rotatable bonds is 1. The van der Waals surface area contributed by atoms with Gasteiger partial charge in [-0.3, -0.25) is 4.57 Å². The van der Waals surface area contributed by atoms with E-state index in [0.717, 1.165) is 11.0 Å². The molecule has 0 radical (unpaired) electrons. The maximum Gasteiger partial charge on any atom is 0.182 e. The number of nitrogens with one attached hydrogen (secondary N) is 1. The van der Waals surface area contributed by atoms with Gasteiger partial charge in [0.25, 0.3) is 0 Å². The van der Waals surface area contributed by atoms with Crippen molar-refractivity contribution in [1.29, 1.82) is 0 Å². The Kier molecular flexibility index (Phi) is 3.20. The van der Waals surface area contributed by atoms with Crippen LogP contribution in [0.15, 0.2) is 40.9 Å². The second-order valence-corrected chi connectivity index (χ2v) is 5.65. The van der Waals surface area contributed by atoms with Gasteiger partial charge in [-0.1, -0.05) is 17.7 Å². The minimum atomic E-state index is -0.337. The van der Waals surface area contributed by atoms with Crippen LogP contribution in [0.5, 0.6) is 0 Å². The first-order chi connectivity index (χ1) is 9.08. The van der Waals surface area contributed by atoms with Gasteiger partial charge >= 0.3 is 0 Å². The van der Waals surface area contributed by atoms with Crippen molar-refractivity contribution >= 4 is 50.8 Å². The van der Waals surface area contributed by atoms with Crippen molar-refractivity contribution in [3.63, 3.8) is 0 Å². The molecule has 0 spiro atoms. The SMILES string of the molecule is Fc1cc(-n2c(=S)[nH]c3c(Cl)cccc32)ccc1Br. The highest BCUT2D eigenvalue weighted by atomic mass is 79.9. The molecule has 6 heteroatoms. The third kappa shape index (κ3) is 2.12. The van der Waals surface area contributed by atoms with Crippen LogP contribution < -0.4 is 0 Å². The van der Waals surface area contributed by atoms with E-state index in [1.165, 1.54) is 6.07 Å². The Morgan fingerprint density at radius 2 is 2.05 bits per heavy atom. The Bertz CT molecular complexity index is 840. The number of hydrogen-bond acceptors (Lipinski definition) is 1. The van der Waals surface area contributed by atoms with E-state index < -0.39 is 0 Å². The molecule has 0 atom stereocenters. The van der Waals surface area contributed by atoms with E-state index >= 15 is 0 Å². The van der Waals surface area contributed by atoms with Crippen LogP contribution in [0.3, 0.4) is 0 Å². The maximum atomic E-state index is 13.7. The lowest BCUT2D eigenvalue weighted by Crippen LogP contribution is -1.95. The van der Waals surface area contributed by atoms with Crippen LogP contribution >= 0.6 is 39.7 Å². The number of para-hydroxylation sites is 1. The standard InChI is InChI=1S/C13H7BrClFN2S/c14-8-5-4-7(6-10(8)16)18-11-3-1-2-9(15)12(11)17-13(18)19/h1-6H,(H,17,19). The van der Waals surface area contributed by atoms with Crippen LogP contribution in [0.4, 0.5) is 4.39 Å². The molecule has 0 saturated carbocycles. The highest BCUT2D eigenvalue weighted by Gasteiger charge is 2.10. The van der Waals surface area contributed by atoms with Gasteiger partial charge in [0.2, 0.25) is 0 Å². The molecular formula is C13H7BrClFN2S. The second kappa shape index (κ2) is 4.74. The molecule has 3 aromatic rings. The van der Waals surface area contributed by atoms with E-state index in [1.54, 1.807) is 22.8 Å². The summed E-state index contributed by atoms with van der Waals surface area (Å²) in [5.74, 6) is -0.337. The van der Waals surface area contributed by atoms with Gasteiger partial charge < -0.3 is 4.98 Å². The minimum absolute atomic E-state index is 0.337. The molecular weight excluding hydrogens is 351 g/mol. The van der Waals surface area contributed by atoms with E-state index in [-0.39, 0.29) is 5.82 Å². The number of aromatic nitrogens is 2. The Labute approximate surface area is 127 Å². The summed E-state index contributed by atoms with van der Waals surface area (Å²) in [4.78, 5) is 3.04. The molecule has 1 N–H and O–H groups in total. The first-order valence-corrected chi connectivity index (χ1v) is 7.00. The van der Waals surface area contributed by atoms with Gasteiger partial charge in [0.1, 0.15) is 5.82 Å². The topological polar surface area (TPSA) is 20.7 Å². The third-order valence-electron chi connectivity index (χ3n) is 2.83. The Hall–Kier alpha value is -1.17. The molecule has 0 saturated heterocycles. The molecule has 2 nitrogen and oxygen atoms in total. The van der Waals surface area contributed by atoms with Crippen molar-refractivity contribution < 1.29 is 4.39 Å². The molecule has 0 aliphatic carbocycles. The molecule has 1 aromatic heterocycles. The quantitative estimate of drug-likeness (QED) is 0.590. The van der Waals surface area contributed by atoms with Crippen LogP contribution in [-0.2, 0) is 0 Å². The van der Waals surface area contributed by atoms with Gasteiger partial charge in [0.15, 0.2) is 4.77 Å². The first-order valence-electron chi connectivity index (χ1n) is 5.42. The molecule has 96 valence electrons. The summed E-state index contributed by atoms with van der Waals surface area (Å²) in [5, 5.41) is 0.583. The molecule has 0 unspecified atom stereocenters. The van der Waals surface area contributed by atoms with Crippen molar-refractivity contribution in [2.75, 3.05) is 0 Å². The van der Waals surface area contributed by atoms with E-state index in [1.807, 2.05) is 12.1 Å². The fraction of sp³-hybridized carbons (Fsp3) is 0. The minimum Gasteiger partial charge on any atom is -0.329 e. The van der Waals surface area contributed by atoms with E-state index in [0.29, 0.717) is 20.0 Å². The fourth-order valence-electron chi connectivity index (χ4n) is 1.98. The zero-order chi connectivity index (χ0) is 13.6. The summed E-state index contributed by atoms with van der Waals surface area (Å²) >= 11 is 14.5. The van der Waals surface area contributed by atoms with Crippen molar-refractivity contribution in [3.8, 4) is 5.69 Å². The maximum absolute atomic E-state index is 13.7. The lowest BCUT2D eigenvalue weighted by Gasteiger charge is -2.05. The van der Waals surface area contributed by atoms with Crippen molar-refractivity contribution in [1.82, 2.24) is 9.55 Å². The summed E-state index contributed by atoms with van der Waals surface area (Å²) in [6.45, 7) is 0. The Morgan fingerprint density at radius 1 is 1.26 bits per heavy atom. The lowest BCUT2D eigenvalue weighted by molar-refractivity contribution is 0.620. The average Bonchev–Trinajstić information content (AvgIpc) is 2.71. The zero-order valence-corrected chi connectivity index (χ0v) is 12.6. The number of imidazole rings is 1. The largest absolute Gasteiger partial charge is 0.329 e. The van der Waals surface area contributed by atoms with Crippen LogP contribution in [0.1, 0.15) is 0 Å². The van der Waals surface area contributed by atoms with Crippen LogP contribution in [0, 0.1) is 10.6 Å². The normalized spacial score (nSPS) is 11.1. The fourth-order valence-corrected chi connectivity index (χ4v) is 2.74. The second-order valence-electron chi connectivity index (χ2n) is 4.00. The number of nitrogens with zero attached hydrogens (tertiary/aromatic N) is 1. The van der Waals surface area contributed by atoms with E-state index in [9.17, 15) is 4.39 Å². The summed E-state index contributed by atoms with van der Waals surface area (Å²) in [6, 6.07) is 10.4. The number of halogens is 3. The van der Waals surface area contributed by atoms with Crippen molar-refractivity contribution in [2.45, 2.75) is 0 Å². The van der Waals surface area contributed by atoms with Gasteiger partial charge in [-0.05, 0) is 58.5 Å². The number of aromatic amines is 1. The van der Waals surface area contributed by atoms with Crippen LogP contribution in [0.25, 0.3) is 16.7 Å². The molecule has 0 amide bonds. The van der Waals surface area contributed by atoms with Crippen LogP contribution in [-0.4, -0.2) is 9.55 Å². The number of H-pyrrole nitrogens is 1. The molecule has 0 bridgehead atoms. The molecule has 0 aliphatic rings. The van der Waals surface area contributed by atoms with Gasteiger partial charge in [0, 0.05) is 0 Å². The third-order valence-corrected chi connectivity index (χ3v) is 4.07. The highest BCUT2D eigenvalue weighted by Crippen LogP contribution is 2.27. The summed E-state index contributed by atoms with van der Waals surface area (Å²) < 4.78 is 16.3. The number of benzene rings is 2. The molecule has 1 heterocycles. The number of fused-ring (bicyclic) bond motifs is 1. The Balaban J connectivity index is 2.36. The molecule has 0 fully saturated rings. The monoisotopic (exact) mass is 356 g/mol. The summed E-state index contributed by atoms with van der Waals surface area (Å²) in [6.07, 6.45) is 0. The first kappa shape index (κ1) is 12.8. The summed E-state index contributed by atoms with van der Waals surface area (Å²) in [7, 11) is 0. The molecule has 2 aromatic carbocycles. The highest BCUT2D eigenvalue weighted by molar-refractivity contribution is 9.10. The van der Waals surface area contributed by atoms with Crippen LogP contribution in [0.2, 0.25) is 5.02 Å². The zero-order valence-electron chi connectivity index (χ0n) is 9.45. The van der Waals surface area contributed by atoms with E-state index in [2.05, 4.69) is 20.9 Å². The Morgan fingerprint density at radius 3 is 2.79 bits per heavy atom. The van der Waals surface area contributed by atoms with Gasteiger partial charge in [-0.25, -0.2) is 4.39 Å². The molecule has 3 rings (SSSR count). The summed E-state index contributed by atoms with van der Waals surface area (Å²) in [5.41, 5.74) is 2.22. The van der Waals surface area contributed by atoms with Crippen molar-refractivity contribution in [2.24, 2.45) is 0 Å². The smallest absolute Gasteiger partial charge is 0.182 e. The average molecular weight is 358 g/mol. The predicted molar refractivity (Wildman–Crippen MR) is 81.1 cm³/mol. The van der Waals surface area contributed by atoms with Gasteiger partial charge in [-0.15, -0.1) is 0 Å². The van der Waals surface area contributed by atoms with Gasteiger partial charge in [-0.2, -0.15) is 0 Å². The molecule has 19 heavy (non-hydrogen) atoms. The number of hydrogen-bond donors (Lipinski definition) is 1.